The Bertz CT molecular complexity index is 1320. The smallest absolute Gasteiger partial charge is 0.203 e. The number of methoxy groups -OCH3 is 3. The molecule has 7 nitrogen and oxygen atoms in total. The predicted molar refractivity (Wildman–Crippen MR) is 107 cm³/mol. The molecule has 0 aliphatic rings. The molecule has 7 heteroatoms. The summed E-state index contributed by atoms with van der Waals surface area (Å²) in [6, 6.07) is 4.72. The standard InChI is InChI=1S/C20H24N4O3/c1-11-13(6-7-15-18(11)20(21)24-12(2)23-15)10-22-14-8-16(25-3)19(27-5)17(9-14)26-4/h6-9,22H,10H2,1-5H3,(H2,21,23,24)/i1D3,3D3,4D3,10D2. The zero-order chi connectivity index (χ0) is 28.8. The summed E-state index contributed by atoms with van der Waals surface area (Å²) in [6.45, 7) is -3.92. The normalized spacial score (nSPS) is 18.7. The molecule has 3 aromatic rings. The van der Waals surface area contributed by atoms with Gasteiger partial charge in [-0.1, -0.05) is 6.07 Å². The first-order valence-corrected chi connectivity index (χ1v) is 7.68. The van der Waals surface area contributed by atoms with Gasteiger partial charge < -0.3 is 25.3 Å². The van der Waals surface area contributed by atoms with Gasteiger partial charge in [0.1, 0.15) is 11.6 Å². The number of benzene rings is 2. The van der Waals surface area contributed by atoms with Gasteiger partial charge >= 0.3 is 0 Å². The van der Waals surface area contributed by atoms with E-state index in [1.807, 2.05) is 0 Å². The van der Waals surface area contributed by atoms with E-state index in [-0.39, 0.29) is 33.7 Å². The summed E-state index contributed by atoms with van der Waals surface area (Å²) >= 11 is 0. The minimum absolute atomic E-state index is 0.0497. The maximum Gasteiger partial charge on any atom is 0.203 e. The fraction of sp³-hybridized carbons (Fsp3) is 0.300. The molecule has 0 aliphatic heterocycles. The van der Waals surface area contributed by atoms with Gasteiger partial charge in [-0.15, -0.1) is 0 Å². The SMILES string of the molecule is [2H]C([2H])([2H])Oc1cc(NC([2H])([2H])c2ccc3nc(C)nc(N)c3c2C([2H])([2H])[2H])cc(OC([2H])([2H])[2H])c1OC. The molecule has 0 radical (unpaired) electrons. The van der Waals surface area contributed by atoms with E-state index in [2.05, 4.69) is 15.3 Å². The molecular formula is C20H24N4O3. The van der Waals surface area contributed by atoms with Crippen LogP contribution in [0.25, 0.3) is 10.9 Å². The summed E-state index contributed by atoms with van der Waals surface area (Å²) in [4.78, 5) is 8.20. The van der Waals surface area contributed by atoms with E-state index in [4.69, 9.17) is 35.0 Å². The average molecular weight is 380 g/mol. The molecule has 1 heterocycles. The van der Waals surface area contributed by atoms with Gasteiger partial charge in [0.05, 0.1) is 37.7 Å². The molecule has 0 atom stereocenters. The third-order valence-corrected chi connectivity index (χ3v) is 3.79. The van der Waals surface area contributed by atoms with Crippen molar-refractivity contribution >= 4 is 22.4 Å². The van der Waals surface area contributed by atoms with Gasteiger partial charge in [-0.25, -0.2) is 9.97 Å². The third kappa shape index (κ3) is 3.53. The summed E-state index contributed by atoms with van der Waals surface area (Å²) in [6.07, 6.45) is 0. The van der Waals surface area contributed by atoms with Crippen LogP contribution in [0.4, 0.5) is 11.5 Å². The lowest BCUT2D eigenvalue weighted by Gasteiger charge is -2.16. The van der Waals surface area contributed by atoms with Gasteiger partial charge in [0.2, 0.25) is 5.75 Å². The number of nitrogens with zero attached hydrogens (tertiary/aromatic N) is 2. The molecular weight excluding hydrogens is 344 g/mol. The quantitative estimate of drug-likeness (QED) is 0.677. The number of nitrogen functional groups attached to an aromatic ring is 1. The number of nitrogens with one attached hydrogen (secondary N) is 1. The highest BCUT2D eigenvalue weighted by molar-refractivity contribution is 5.92. The Morgan fingerprint density at radius 3 is 2.52 bits per heavy atom. The highest BCUT2D eigenvalue weighted by Gasteiger charge is 2.14. The first-order chi connectivity index (χ1) is 17.2. The van der Waals surface area contributed by atoms with Crippen molar-refractivity contribution in [3.05, 3.63) is 41.2 Å². The molecule has 0 saturated carbocycles. The number of aryl methyl sites for hydroxylation is 2. The second-order valence-electron chi connectivity index (χ2n) is 5.50. The fourth-order valence-corrected chi connectivity index (χ4v) is 2.62. The van der Waals surface area contributed by atoms with Crippen LogP contribution in [0.15, 0.2) is 24.3 Å². The first-order valence-electron chi connectivity index (χ1n) is 13.2. The van der Waals surface area contributed by atoms with Crippen molar-refractivity contribution in [3.8, 4) is 17.2 Å². The second kappa shape index (κ2) is 7.57. The topological polar surface area (TPSA) is 91.5 Å². The van der Waals surface area contributed by atoms with Crippen molar-refractivity contribution < 1.29 is 29.3 Å². The molecule has 0 amide bonds. The van der Waals surface area contributed by atoms with Crippen molar-refractivity contribution in [1.82, 2.24) is 9.97 Å². The Morgan fingerprint density at radius 2 is 1.89 bits per heavy atom. The van der Waals surface area contributed by atoms with Crippen molar-refractivity contribution in [1.29, 1.82) is 0 Å². The Kier molecular flexibility index (Phi) is 2.56. The highest BCUT2D eigenvalue weighted by atomic mass is 16.5. The van der Waals surface area contributed by atoms with Crippen LogP contribution in [0, 0.1) is 13.8 Å². The van der Waals surface area contributed by atoms with Crippen molar-refractivity contribution in [2.24, 2.45) is 0 Å². The zero-order valence-electron chi connectivity index (χ0n) is 25.5. The summed E-state index contributed by atoms with van der Waals surface area (Å²) in [5.74, 6) is -1.17. The van der Waals surface area contributed by atoms with Gasteiger partial charge in [0, 0.05) is 33.8 Å². The molecule has 0 spiro atoms. The van der Waals surface area contributed by atoms with Crippen LogP contribution < -0.4 is 25.3 Å². The van der Waals surface area contributed by atoms with Crippen LogP contribution in [0.1, 0.15) is 32.0 Å². The number of aromatic nitrogens is 2. The van der Waals surface area contributed by atoms with Crippen molar-refractivity contribution in [2.75, 3.05) is 32.2 Å². The predicted octanol–water partition coefficient (Wildman–Crippen LogP) is 3.47. The first kappa shape index (κ1) is 9.12. The number of anilines is 2. The zero-order valence-corrected chi connectivity index (χ0v) is 14.5. The van der Waals surface area contributed by atoms with Gasteiger partial charge in [-0.2, -0.15) is 0 Å². The van der Waals surface area contributed by atoms with E-state index in [0.717, 1.165) is 19.2 Å². The summed E-state index contributed by atoms with van der Waals surface area (Å²) in [5, 5.41) is 2.42. The molecule has 142 valence electrons. The summed E-state index contributed by atoms with van der Waals surface area (Å²) in [7, 11) is -4.83. The van der Waals surface area contributed by atoms with E-state index < -0.39 is 44.5 Å². The van der Waals surface area contributed by atoms with Crippen LogP contribution in [0.3, 0.4) is 0 Å². The van der Waals surface area contributed by atoms with Gasteiger partial charge in [-0.3, -0.25) is 0 Å². The molecule has 1 aromatic heterocycles. The maximum absolute atomic E-state index is 8.70. The van der Waals surface area contributed by atoms with E-state index in [1.165, 1.54) is 12.1 Å². The van der Waals surface area contributed by atoms with Crippen LogP contribution >= 0.6 is 0 Å². The minimum Gasteiger partial charge on any atom is -0.493 e. The van der Waals surface area contributed by atoms with Gasteiger partial charge in [0.25, 0.3) is 0 Å². The Morgan fingerprint density at radius 1 is 1.15 bits per heavy atom. The summed E-state index contributed by atoms with van der Waals surface area (Å²) in [5.41, 5.74) is 5.23. The monoisotopic (exact) mass is 379 g/mol. The van der Waals surface area contributed by atoms with Gasteiger partial charge in [0.15, 0.2) is 11.5 Å². The van der Waals surface area contributed by atoms with E-state index in [1.54, 1.807) is 6.92 Å². The minimum atomic E-state index is -2.98. The number of hydrogen-bond acceptors (Lipinski definition) is 7. The number of hydrogen-bond donors (Lipinski definition) is 2. The lowest BCUT2D eigenvalue weighted by molar-refractivity contribution is 0.324. The van der Waals surface area contributed by atoms with Crippen LogP contribution in [-0.2, 0) is 6.50 Å². The third-order valence-electron chi connectivity index (χ3n) is 3.79. The maximum atomic E-state index is 8.70. The molecule has 0 bridgehead atoms. The van der Waals surface area contributed by atoms with Crippen LogP contribution in [0.5, 0.6) is 17.2 Å². The molecule has 0 aliphatic carbocycles. The van der Waals surface area contributed by atoms with Crippen LogP contribution in [-0.4, -0.2) is 31.2 Å². The molecule has 3 rings (SSSR count). The average Bonchev–Trinajstić information content (AvgIpc) is 2.69. The lowest BCUT2D eigenvalue weighted by Crippen LogP contribution is -2.05. The highest BCUT2D eigenvalue weighted by Crippen LogP contribution is 2.40. The second-order valence-corrected chi connectivity index (χ2v) is 5.50. The molecule has 0 unspecified atom stereocenters. The Labute approximate surface area is 173 Å². The van der Waals surface area contributed by atoms with Crippen LogP contribution in [0.2, 0.25) is 0 Å². The van der Waals surface area contributed by atoms with E-state index in [9.17, 15) is 0 Å². The molecule has 27 heavy (non-hydrogen) atoms. The Balaban J connectivity index is 2.22. The summed E-state index contributed by atoms with van der Waals surface area (Å²) < 4.78 is 101. The molecule has 0 fully saturated rings. The van der Waals surface area contributed by atoms with E-state index >= 15 is 0 Å². The number of fused-ring (bicyclic) bond motifs is 1. The Hall–Kier alpha value is -3.22. The van der Waals surface area contributed by atoms with E-state index in [0.29, 0.717) is 5.82 Å². The molecule has 3 N–H and O–H groups in total. The number of ether oxygens (including phenoxy) is 3. The number of rotatable bonds is 6. The fourth-order valence-electron chi connectivity index (χ4n) is 2.62. The molecule has 0 saturated heterocycles. The van der Waals surface area contributed by atoms with Gasteiger partial charge in [-0.05, 0) is 31.0 Å². The number of nitrogens with two attached hydrogens (primary N) is 1. The van der Waals surface area contributed by atoms with Crippen molar-refractivity contribution in [3.63, 3.8) is 0 Å². The van der Waals surface area contributed by atoms with Crippen molar-refractivity contribution in [2.45, 2.75) is 20.3 Å². The molecule has 2 aromatic carbocycles. The largest absolute Gasteiger partial charge is 0.493 e. The lowest BCUT2D eigenvalue weighted by atomic mass is 10.0.